The van der Waals surface area contributed by atoms with Crippen LogP contribution >= 0.6 is 0 Å². The maximum absolute atomic E-state index is 9.12. The summed E-state index contributed by atoms with van der Waals surface area (Å²) in [6, 6.07) is 0.400. The van der Waals surface area contributed by atoms with Crippen LogP contribution in [-0.2, 0) is 0 Å². The van der Waals surface area contributed by atoms with Crippen LogP contribution in [0.2, 0.25) is 0 Å². The van der Waals surface area contributed by atoms with E-state index in [4.69, 9.17) is 5.11 Å². The topological polar surface area (TPSA) is 23.5 Å². The van der Waals surface area contributed by atoms with Crippen LogP contribution in [0.3, 0.4) is 0 Å². The van der Waals surface area contributed by atoms with Crippen LogP contribution in [-0.4, -0.2) is 35.7 Å². The molecule has 1 fully saturated rings. The van der Waals surface area contributed by atoms with E-state index in [0.717, 1.165) is 0 Å². The van der Waals surface area contributed by atoms with Gasteiger partial charge in [0.2, 0.25) is 0 Å². The van der Waals surface area contributed by atoms with Gasteiger partial charge in [0.25, 0.3) is 0 Å². The molecule has 0 radical (unpaired) electrons. The molecule has 1 heterocycles. The van der Waals surface area contributed by atoms with Crippen LogP contribution in [0.5, 0.6) is 0 Å². The van der Waals surface area contributed by atoms with Gasteiger partial charge in [0, 0.05) is 6.04 Å². The van der Waals surface area contributed by atoms with E-state index >= 15 is 0 Å². The molecule has 1 aliphatic rings. The molecule has 1 atom stereocenters. The SMILES string of the molecule is CC(C)[C@H](CO)N1CCCC1. The zero-order valence-electron chi connectivity index (χ0n) is 7.58. The molecular weight excluding hydrogens is 138 g/mol. The second-order valence-corrected chi connectivity index (χ2v) is 3.74. The third-order valence-electron chi connectivity index (χ3n) is 2.57. The van der Waals surface area contributed by atoms with Crippen molar-refractivity contribution < 1.29 is 5.11 Å². The summed E-state index contributed by atoms with van der Waals surface area (Å²) in [6.45, 7) is 7.04. The lowest BCUT2D eigenvalue weighted by molar-refractivity contribution is 0.112. The van der Waals surface area contributed by atoms with Crippen LogP contribution in [0.4, 0.5) is 0 Å². The van der Waals surface area contributed by atoms with Crippen LogP contribution in [0.1, 0.15) is 26.7 Å². The van der Waals surface area contributed by atoms with Crippen LogP contribution < -0.4 is 0 Å². The Morgan fingerprint density at radius 2 is 1.82 bits per heavy atom. The first-order valence-electron chi connectivity index (χ1n) is 4.60. The highest BCUT2D eigenvalue weighted by Gasteiger charge is 2.23. The normalized spacial score (nSPS) is 22.9. The number of aliphatic hydroxyl groups is 1. The Morgan fingerprint density at radius 3 is 2.18 bits per heavy atom. The van der Waals surface area contributed by atoms with Crippen molar-refractivity contribution in [3.63, 3.8) is 0 Å². The number of nitrogens with zero attached hydrogens (tertiary/aromatic N) is 1. The Bertz CT molecular complexity index is 108. The summed E-state index contributed by atoms with van der Waals surface area (Å²) in [5.74, 6) is 0.582. The Morgan fingerprint density at radius 1 is 1.27 bits per heavy atom. The third kappa shape index (κ3) is 2.17. The first-order chi connectivity index (χ1) is 5.25. The van der Waals surface area contributed by atoms with Crippen molar-refractivity contribution in [3.05, 3.63) is 0 Å². The lowest BCUT2D eigenvalue weighted by Crippen LogP contribution is -2.39. The predicted octanol–water partition coefficient (Wildman–Crippen LogP) is 1.10. The number of likely N-dealkylation sites (tertiary alicyclic amines) is 1. The minimum atomic E-state index is 0.317. The summed E-state index contributed by atoms with van der Waals surface area (Å²) >= 11 is 0. The molecule has 1 saturated heterocycles. The number of hydrogen-bond acceptors (Lipinski definition) is 2. The van der Waals surface area contributed by atoms with Gasteiger partial charge in [0.05, 0.1) is 6.61 Å². The predicted molar refractivity (Wildman–Crippen MR) is 46.5 cm³/mol. The van der Waals surface area contributed by atoms with E-state index in [1.807, 2.05) is 0 Å². The van der Waals surface area contributed by atoms with Gasteiger partial charge in [-0.15, -0.1) is 0 Å². The Balaban J connectivity index is 2.40. The van der Waals surface area contributed by atoms with Gasteiger partial charge in [-0.25, -0.2) is 0 Å². The zero-order valence-corrected chi connectivity index (χ0v) is 7.58. The van der Waals surface area contributed by atoms with E-state index in [2.05, 4.69) is 18.7 Å². The molecule has 2 nitrogen and oxygen atoms in total. The Kier molecular flexibility index (Phi) is 3.34. The van der Waals surface area contributed by atoms with E-state index < -0.39 is 0 Å². The molecule has 0 aromatic rings. The maximum atomic E-state index is 9.12. The van der Waals surface area contributed by atoms with E-state index in [1.54, 1.807) is 0 Å². The lowest BCUT2D eigenvalue weighted by Gasteiger charge is -2.28. The zero-order chi connectivity index (χ0) is 8.27. The van der Waals surface area contributed by atoms with Crippen molar-refractivity contribution in [1.82, 2.24) is 4.90 Å². The molecule has 1 N–H and O–H groups in total. The number of rotatable bonds is 3. The van der Waals surface area contributed by atoms with Crippen molar-refractivity contribution in [2.45, 2.75) is 32.7 Å². The average molecular weight is 157 g/mol. The number of aliphatic hydroxyl groups excluding tert-OH is 1. The Hall–Kier alpha value is -0.0800. The molecule has 1 aliphatic heterocycles. The molecule has 0 saturated carbocycles. The lowest BCUT2D eigenvalue weighted by atomic mass is 10.0. The van der Waals surface area contributed by atoms with Gasteiger partial charge < -0.3 is 5.11 Å². The summed E-state index contributed by atoms with van der Waals surface area (Å²) in [6.07, 6.45) is 2.62. The molecule has 0 bridgehead atoms. The molecule has 11 heavy (non-hydrogen) atoms. The smallest absolute Gasteiger partial charge is 0.0589 e. The van der Waals surface area contributed by atoms with Crippen molar-refractivity contribution in [1.29, 1.82) is 0 Å². The average Bonchev–Trinajstić information content (AvgIpc) is 2.40. The fourth-order valence-electron chi connectivity index (χ4n) is 1.82. The molecule has 0 unspecified atom stereocenters. The molecule has 66 valence electrons. The highest BCUT2D eigenvalue weighted by Crippen LogP contribution is 2.16. The fraction of sp³-hybridized carbons (Fsp3) is 1.00. The molecule has 0 spiro atoms. The minimum Gasteiger partial charge on any atom is -0.395 e. The summed E-state index contributed by atoms with van der Waals surface area (Å²) in [5, 5.41) is 9.12. The molecule has 0 aromatic heterocycles. The van der Waals surface area contributed by atoms with Gasteiger partial charge in [0.15, 0.2) is 0 Å². The van der Waals surface area contributed by atoms with E-state index in [0.29, 0.717) is 18.6 Å². The largest absolute Gasteiger partial charge is 0.395 e. The first kappa shape index (κ1) is 9.01. The second kappa shape index (κ2) is 4.07. The second-order valence-electron chi connectivity index (χ2n) is 3.74. The molecule has 1 rings (SSSR count). The maximum Gasteiger partial charge on any atom is 0.0589 e. The molecule has 0 amide bonds. The van der Waals surface area contributed by atoms with Crippen molar-refractivity contribution in [2.24, 2.45) is 5.92 Å². The van der Waals surface area contributed by atoms with Gasteiger partial charge >= 0.3 is 0 Å². The summed E-state index contributed by atoms with van der Waals surface area (Å²) in [4.78, 5) is 2.41. The van der Waals surface area contributed by atoms with E-state index in [1.165, 1.54) is 25.9 Å². The summed E-state index contributed by atoms with van der Waals surface area (Å²) in [7, 11) is 0. The van der Waals surface area contributed by atoms with Crippen LogP contribution in [0, 0.1) is 5.92 Å². The molecule has 0 aromatic carbocycles. The minimum absolute atomic E-state index is 0.317. The van der Waals surface area contributed by atoms with E-state index in [-0.39, 0.29) is 0 Å². The highest BCUT2D eigenvalue weighted by atomic mass is 16.3. The monoisotopic (exact) mass is 157 g/mol. The van der Waals surface area contributed by atoms with Gasteiger partial charge in [-0.1, -0.05) is 13.8 Å². The Labute approximate surface area is 69.2 Å². The fourth-order valence-corrected chi connectivity index (χ4v) is 1.82. The molecular formula is C9H19NO. The third-order valence-corrected chi connectivity index (χ3v) is 2.57. The van der Waals surface area contributed by atoms with Gasteiger partial charge in [-0.3, -0.25) is 4.90 Å². The van der Waals surface area contributed by atoms with Gasteiger partial charge in [-0.2, -0.15) is 0 Å². The summed E-state index contributed by atoms with van der Waals surface area (Å²) in [5.41, 5.74) is 0. The van der Waals surface area contributed by atoms with Gasteiger partial charge in [-0.05, 0) is 31.8 Å². The van der Waals surface area contributed by atoms with Crippen molar-refractivity contribution >= 4 is 0 Å². The standard InChI is InChI=1S/C9H19NO/c1-8(2)9(7-11)10-5-3-4-6-10/h8-9,11H,3-7H2,1-2H3/t9-/m0/s1. The molecule has 2 heteroatoms. The quantitative estimate of drug-likeness (QED) is 0.663. The van der Waals surface area contributed by atoms with Crippen LogP contribution in [0.25, 0.3) is 0 Å². The highest BCUT2D eigenvalue weighted by molar-refractivity contribution is 4.77. The van der Waals surface area contributed by atoms with Crippen LogP contribution in [0.15, 0.2) is 0 Å². The summed E-state index contributed by atoms with van der Waals surface area (Å²) < 4.78 is 0. The van der Waals surface area contributed by atoms with Crippen molar-refractivity contribution in [2.75, 3.05) is 19.7 Å². The van der Waals surface area contributed by atoms with Crippen molar-refractivity contribution in [3.8, 4) is 0 Å². The van der Waals surface area contributed by atoms with Gasteiger partial charge in [0.1, 0.15) is 0 Å². The van der Waals surface area contributed by atoms with E-state index in [9.17, 15) is 0 Å². The first-order valence-corrected chi connectivity index (χ1v) is 4.60. The molecule has 0 aliphatic carbocycles. The number of hydrogen-bond donors (Lipinski definition) is 1.